The number of benzene rings is 1. The third-order valence-corrected chi connectivity index (χ3v) is 3.31. The van der Waals surface area contributed by atoms with E-state index in [0.717, 1.165) is 6.42 Å². The number of hydrogen-bond donors (Lipinski definition) is 0. The fourth-order valence-corrected chi connectivity index (χ4v) is 1.71. The number of nitrogens with zero attached hydrogens (tertiary/aromatic N) is 1. The lowest BCUT2D eigenvalue weighted by Crippen LogP contribution is -2.15. The van der Waals surface area contributed by atoms with Crippen molar-refractivity contribution in [3.05, 3.63) is 42.2 Å². The molecule has 0 spiro atoms. The Kier molecular flexibility index (Phi) is 2.47. The third kappa shape index (κ3) is 1.87. The molecule has 0 N–H and O–H groups in total. The van der Waals surface area contributed by atoms with E-state index in [9.17, 15) is 0 Å². The molecule has 0 unspecified atom stereocenters. The molecule has 0 saturated heterocycles. The highest BCUT2D eigenvalue weighted by Crippen LogP contribution is 2.28. The molecule has 15 heavy (non-hydrogen) atoms. The Balaban J connectivity index is 2.56. The molecule has 1 aromatic carbocycles. The van der Waals surface area contributed by atoms with Crippen LogP contribution < -0.4 is 0 Å². The Labute approximate surface area is 91.2 Å². The molecule has 78 valence electrons. The van der Waals surface area contributed by atoms with Gasteiger partial charge in [-0.2, -0.15) is 0 Å². The molecule has 1 heterocycles. The molecule has 0 bridgehead atoms. The van der Waals surface area contributed by atoms with Gasteiger partial charge < -0.3 is 0 Å². The minimum atomic E-state index is 0.261. The lowest BCUT2D eigenvalue weighted by atomic mass is 9.81. The van der Waals surface area contributed by atoms with Crippen molar-refractivity contribution in [3.63, 3.8) is 0 Å². The molecule has 2 rings (SSSR count). The zero-order valence-electron chi connectivity index (χ0n) is 9.62. The van der Waals surface area contributed by atoms with Crippen LogP contribution in [0.2, 0.25) is 0 Å². The van der Waals surface area contributed by atoms with E-state index in [0.29, 0.717) is 0 Å². The first-order valence-electron chi connectivity index (χ1n) is 5.48. The van der Waals surface area contributed by atoms with Crippen LogP contribution in [-0.2, 0) is 5.41 Å². The third-order valence-electron chi connectivity index (χ3n) is 3.31. The van der Waals surface area contributed by atoms with Crippen molar-refractivity contribution in [2.45, 2.75) is 32.6 Å². The predicted octanol–water partition coefficient (Wildman–Crippen LogP) is 3.92. The molecule has 0 aliphatic heterocycles. The maximum Gasteiger partial charge on any atom is 0.0346 e. The fourth-order valence-electron chi connectivity index (χ4n) is 1.71. The molecule has 0 saturated carbocycles. The first kappa shape index (κ1) is 10.2. The molecular formula is C14H17N. The van der Waals surface area contributed by atoms with Crippen molar-refractivity contribution in [2.24, 2.45) is 0 Å². The molecule has 0 fully saturated rings. The van der Waals surface area contributed by atoms with Gasteiger partial charge in [0.1, 0.15) is 0 Å². The van der Waals surface area contributed by atoms with Crippen molar-refractivity contribution in [2.75, 3.05) is 0 Å². The van der Waals surface area contributed by atoms with Gasteiger partial charge >= 0.3 is 0 Å². The summed E-state index contributed by atoms with van der Waals surface area (Å²) in [5.74, 6) is 0. The zero-order chi connectivity index (χ0) is 10.9. The summed E-state index contributed by atoms with van der Waals surface area (Å²) in [6, 6.07) is 8.73. The van der Waals surface area contributed by atoms with E-state index in [1.54, 1.807) is 0 Å². The number of hydrogen-bond acceptors (Lipinski definition) is 1. The van der Waals surface area contributed by atoms with Crippen LogP contribution in [0.5, 0.6) is 0 Å². The Bertz CT molecular complexity index is 471. The predicted molar refractivity (Wildman–Crippen MR) is 65.1 cm³/mol. The second kappa shape index (κ2) is 3.65. The quantitative estimate of drug-likeness (QED) is 0.714. The molecule has 1 nitrogen and oxygen atoms in total. The second-order valence-corrected chi connectivity index (χ2v) is 4.68. The summed E-state index contributed by atoms with van der Waals surface area (Å²) in [5.41, 5.74) is 1.67. The zero-order valence-corrected chi connectivity index (χ0v) is 9.62. The van der Waals surface area contributed by atoms with E-state index in [-0.39, 0.29) is 5.41 Å². The minimum Gasteiger partial charge on any atom is -0.264 e. The summed E-state index contributed by atoms with van der Waals surface area (Å²) < 4.78 is 0. The highest BCUT2D eigenvalue weighted by atomic mass is 14.6. The molecule has 0 atom stereocenters. The standard InChI is InChI=1S/C14H17N/c1-4-14(2,3)13-6-5-12-10-15-8-7-11(12)9-13/h5-10H,4H2,1-3H3. The molecule has 2 aromatic rings. The fraction of sp³-hybridized carbons (Fsp3) is 0.357. The van der Waals surface area contributed by atoms with Crippen LogP contribution in [0.1, 0.15) is 32.8 Å². The van der Waals surface area contributed by atoms with Gasteiger partial charge in [-0.05, 0) is 28.9 Å². The first-order valence-corrected chi connectivity index (χ1v) is 5.48. The van der Waals surface area contributed by atoms with E-state index >= 15 is 0 Å². The average Bonchev–Trinajstić information content (AvgIpc) is 2.28. The summed E-state index contributed by atoms with van der Waals surface area (Å²) >= 11 is 0. The minimum absolute atomic E-state index is 0.261. The number of rotatable bonds is 2. The Morgan fingerprint density at radius 3 is 2.67 bits per heavy atom. The first-order chi connectivity index (χ1) is 7.13. The average molecular weight is 199 g/mol. The van der Waals surface area contributed by atoms with Gasteiger partial charge in [0, 0.05) is 17.8 Å². The molecule has 0 amide bonds. The van der Waals surface area contributed by atoms with Crippen LogP contribution in [0.3, 0.4) is 0 Å². The van der Waals surface area contributed by atoms with E-state index in [1.165, 1.54) is 16.3 Å². The van der Waals surface area contributed by atoms with Crippen molar-refractivity contribution in [1.82, 2.24) is 4.98 Å². The largest absolute Gasteiger partial charge is 0.264 e. The second-order valence-electron chi connectivity index (χ2n) is 4.68. The van der Waals surface area contributed by atoms with Gasteiger partial charge in [-0.15, -0.1) is 0 Å². The van der Waals surface area contributed by atoms with Gasteiger partial charge in [0.2, 0.25) is 0 Å². The highest BCUT2D eigenvalue weighted by Gasteiger charge is 2.17. The highest BCUT2D eigenvalue weighted by molar-refractivity contribution is 5.82. The summed E-state index contributed by atoms with van der Waals surface area (Å²) in [4.78, 5) is 4.12. The van der Waals surface area contributed by atoms with Gasteiger partial charge in [-0.25, -0.2) is 0 Å². The topological polar surface area (TPSA) is 12.9 Å². The molecule has 0 radical (unpaired) electrons. The number of fused-ring (bicyclic) bond motifs is 1. The number of aromatic nitrogens is 1. The normalized spacial score (nSPS) is 11.9. The SMILES string of the molecule is CCC(C)(C)c1ccc2cnccc2c1. The van der Waals surface area contributed by atoms with E-state index < -0.39 is 0 Å². The molecule has 1 heteroatoms. The monoisotopic (exact) mass is 199 g/mol. The van der Waals surface area contributed by atoms with Crippen LogP contribution in [0.4, 0.5) is 0 Å². The van der Waals surface area contributed by atoms with Crippen LogP contribution in [0.15, 0.2) is 36.7 Å². The smallest absolute Gasteiger partial charge is 0.0346 e. The lowest BCUT2D eigenvalue weighted by Gasteiger charge is -2.23. The van der Waals surface area contributed by atoms with Gasteiger partial charge in [0.25, 0.3) is 0 Å². The van der Waals surface area contributed by atoms with Crippen molar-refractivity contribution in [1.29, 1.82) is 0 Å². The van der Waals surface area contributed by atoms with Gasteiger partial charge in [-0.1, -0.05) is 39.0 Å². The summed E-state index contributed by atoms with van der Waals surface area (Å²) in [6.07, 6.45) is 4.92. The van der Waals surface area contributed by atoms with Crippen molar-refractivity contribution in [3.8, 4) is 0 Å². The van der Waals surface area contributed by atoms with Crippen LogP contribution in [0.25, 0.3) is 10.8 Å². The molecule has 0 aliphatic carbocycles. The van der Waals surface area contributed by atoms with Crippen LogP contribution in [0, 0.1) is 0 Å². The molecule has 0 aliphatic rings. The van der Waals surface area contributed by atoms with Crippen LogP contribution in [-0.4, -0.2) is 4.98 Å². The van der Waals surface area contributed by atoms with Crippen LogP contribution >= 0.6 is 0 Å². The summed E-state index contributed by atoms with van der Waals surface area (Å²) in [5, 5.41) is 2.50. The summed E-state index contributed by atoms with van der Waals surface area (Å²) in [6.45, 7) is 6.81. The Morgan fingerprint density at radius 2 is 1.93 bits per heavy atom. The molecule has 1 aromatic heterocycles. The van der Waals surface area contributed by atoms with Gasteiger partial charge in [-0.3, -0.25) is 4.98 Å². The van der Waals surface area contributed by atoms with Crippen molar-refractivity contribution >= 4 is 10.8 Å². The Morgan fingerprint density at radius 1 is 1.13 bits per heavy atom. The van der Waals surface area contributed by atoms with Gasteiger partial charge in [0.05, 0.1) is 0 Å². The van der Waals surface area contributed by atoms with E-state index in [4.69, 9.17) is 0 Å². The van der Waals surface area contributed by atoms with Crippen molar-refractivity contribution < 1.29 is 0 Å². The van der Waals surface area contributed by atoms with E-state index in [2.05, 4.69) is 50.0 Å². The Hall–Kier alpha value is -1.37. The maximum atomic E-state index is 4.12. The summed E-state index contributed by atoms with van der Waals surface area (Å²) in [7, 11) is 0. The number of pyridine rings is 1. The van der Waals surface area contributed by atoms with Gasteiger partial charge in [0.15, 0.2) is 0 Å². The molecular weight excluding hydrogens is 182 g/mol. The lowest BCUT2D eigenvalue weighted by molar-refractivity contribution is 0.507. The maximum absolute atomic E-state index is 4.12. The van der Waals surface area contributed by atoms with E-state index in [1.807, 2.05) is 12.4 Å².